The van der Waals surface area contributed by atoms with Crippen LogP contribution in [0, 0.1) is 0 Å². The van der Waals surface area contributed by atoms with Gasteiger partial charge in [-0.1, -0.05) is 29.8 Å². The van der Waals surface area contributed by atoms with Crippen LogP contribution < -0.4 is 10.1 Å². The van der Waals surface area contributed by atoms with Crippen LogP contribution in [0.4, 0.5) is 0 Å². The first kappa shape index (κ1) is 14.8. The molecule has 0 radical (unpaired) electrons. The molecule has 0 aliphatic heterocycles. The average Bonchev–Trinajstić information content (AvgIpc) is 2.45. The van der Waals surface area contributed by atoms with Crippen LogP contribution in [0.25, 0.3) is 0 Å². The summed E-state index contributed by atoms with van der Waals surface area (Å²) < 4.78 is 5.12. The number of nitrogens with one attached hydrogen (secondary N) is 1. The lowest BCUT2D eigenvalue weighted by Gasteiger charge is -2.14. The lowest BCUT2D eigenvalue weighted by molar-refractivity contribution is 0.395. The first-order valence-electron chi connectivity index (χ1n) is 6.65. The minimum atomic E-state index is 0.349. The summed E-state index contributed by atoms with van der Waals surface area (Å²) in [5.74, 6) is 0.645. The molecule has 2 rings (SSSR count). The molecule has 106 valence electrons. The number of rotatable bonds is 6. The van der Waals surface area contributed by atoms with Gasteiger partial charge in [0, 0.05) is 23.7 Å². The van der Waals surface area contributed by atoms with E-state index in [0.29, 0.717) is 11.9 Å². The van der Waals surface area contributed by atoms with Gasteiger partial charge >= 0.3 is 0 Å². The van der Waals surface area contributed by atoms with Gasteiger partial charge in [-0.3, -0.25) is 0 Å². The maximum Gasteiger partial charge on any atom is 0.213 e. The molecule has 2 aromatic rings. The van der Waals surface area contributed by atoms with E-state index < -0.39 is 0 Å². The van der Waals surface area contributed by atoms with E-state index in [2.05, 4.69) is 23.3 Å². The molecule has 20 heavy (non-hydrogen) atoms. The second-order valence-corrected chi connectivity index (χ2v) is 5.22. The summed E-state index contributed by atoms with van der Waals surface area (Å²) >= 11 is 5.99. The van der Waals surface area contributed by atoms with Gasteiger partial charge in [-0.25, -0.2) is 4.98 Å². The van der Waals surface area contributed by atoms with Crippen molar-refractivity contribution in [3.05, 3.63) is 58.7 Å². The Kier molecular flexibility index (Phi) is 5.39. The zero-order valence-electron chi connectivity index (χ0n) is 11.8. The van der Waals surface area contributed by atoms with Crippen molar-refractivity contribution in [2.45, 2.75) is 25.9 Å². The van der Waals surface area contributed by atoms with Gasteiger partial charge in [0.1, 0.15) is 0 Å². The monoisotopic (exact) mass is 290 g/mol. The predicted molar refractivity (Wildman–Crippen MR) is 82.2 cm³/mol. The van der Waals surface area contributed by atoms with E-state index >= 15 is 0 Å². The number of nitrogens with zero attached hydrogens (tertiary/aromatic N) is 1. The summed E-state index contributed by atoms with van der Waals surface area (Å²) in [6, 6.07) is 14.1. The van der Waals surface area contributed by atoms with Crippen molar-refractivity contribution in [1.82, 2.24) is 10.3 Å². The molecule has 0 saturated carbocycles. The van der Waals surface area contributed by atoms with Crippen LogP contribution in [0.5, 0.6) is 5.88 Å². The first-order chi connectivity index (χ1) is 9.67. The van der Waals surface area contributed by atoms with Gasteiger partial charge in [0.25, 0.3) is 0 Å². The van der Waals surface area contributed by atoms with Crippen LogP contribution in [-0.2, 0) is 13.0 Å². The third-order valence-corrected chi connectivity index (χ3v) is 3.29. The molecule has 1 atom stereocenters. The van der Waals surface area contributed by atoms with Crippen molar-refractivity contribution in [3.8, 4) is 5.88 Å². The lowest BCUT2D eigenvalue weighted by Crippen LogP contribution is -2.27. The van der Waals surface area contributed by atoms with Gasteiger partial charge in [0.05, 0.1) is 12.8 Å². The van der Waals surface area contributed by atoms with E-state index in [4.69, 9.17) is 16.3 Å². The molecule has 0 aliphatic rings. The van der Waals surface area contributed by atoms with Gasteiger partial charge in [0.2, 0.25) is 5.88 Å². The number of hydrogen-bond donors (Lipinski definition) is 1. The quantitative estimate of drug-likeness (QED) is 0.884. The molecule has 1 heterocycles. The van der Waals surface area contributed by atoms with E-state index in [0.717, 1.165) is 23.7 Å². The smallest absolute Gasteiger partial charge is 0.213 e. The Hall–Kier alpha value is -1.58. The number of benzene rings is 1. The van der Waals surface area contributed by atoms with Crippen molar-refractivity contribution in [3.63, 3.8) is 0 Å². The highest BCUT2D eigenvalue weighted by molar-refractivity contribution is 6.30. The van der Waals surface area contributed by atoms with Gasteiger partial charge in [-0.05, 0) is 37.1 Å². The molecule has 0 bridgehead atoms. The largest absolute Gasteiger partial charge is 0.481 e. The third kappa shape index (κ3) is 4.51. The van der Waals surface area contributed by atoms with Crippen LogP contribution in [0.15, 0.2) is 42.5 Å². The second-order valence-electron chi connectivity index (χ2n) is 4.79. The molecule has 0 aliphatic carbocycles. The van der Waals surface area contributed by atoms with Crippen molar-refractivity contribution in [2.24, 2.45) is 0 Å². The standard InChI is InChI=1S/C16H19ClN2O/c1-12(9-13-5-3-6-14(17)10-13)18-11-15-7-4-8-16(19-15)20-2/h3-8,10,12,18H,9,11H2,1-2H3. The Balaban J connectivity index is 1.87. The molecule has 0 spiro atoms. The third-order valence-electron chi connectivity index (χ3n) is 3.05. The summed E-state index contributed by atoms with van der Waals surface area (Å²) in [6.45, 7) is 2.88. The van der Waals surface area contributed by atoms with Crippen LogP contribution in [0.2, 0.25) is 5.02 Å². The zero-order chi connectivity index (χ0) is 14.4. The second kappa shape index (κ2) is 7.27. The molecule has 1 unspecified atom stereocenters. The molecule has 0 amide bonds. The topological polar surface area (TPSA) is 34.1 Å². The lowest BCUT2D eigenvalue weighted by atomic mass is 10.1. The Bertz CT molecular complexity index is 560. The van der Waals surface area contributed by atoms with Crippen molar-refractivity contribution in [2.75, 3.05) is 7.11 Å². The number of pyridine rings is 1. The highest BCUT2D eigenvalue weighted by atomic mass is 35.5. The van der Waals surface area contributed by atoms with Crippen LogP contribution in [-0.4, -0.2) is 18.1 Å². The van der Waals surface area contributed by atoms with E-state index in [-0.39, 0.29) is 0 Å². The number of methoxy groups -OCH3 is 1. The van der Waals surface area contributed by atoms with Gasteiger partial charge in [-0.15, -0.1) is 0 Å². The Labute approximate surface area is 124 Å². The Morgan fingerprint density at radius 2 is 2.05 bits per heavy atom. The minimum absolute atomic E-state index is 0.349. The number of ether oxygens (including phenoxy) is 1. The predicted octanol–water partition coefficient (Wildman–Crippen LogP) is 3.46. The molecule has 0 saturated heterocycles. The fourth-order valence-electron chi connectivity index (χ4n) is 2.04. The molecule has 4 heteroatoms. The summed E-state index contributed by atoms with van der Waals surface area (Å²) in [7, 11) is 1.63. The average molecular weight is 291 g/mol. The summed E-state index contributed by atoms with van der Waals surface area (Å²) in [5.41, 5.74) is 2.21. The molecule has 1 aromatic heterocycles. The summed E-state index contributed by atoms with van der Waals surface area (Å²) in [6.07, 6.45) is 0.935. The summed E-state index contributed by atoms with van der Waals surface area (Å²) in [4.78, 5) is 4.38. The number of halogens is 1. The van der Waals surface area contributed by atoms with Crippen molar-refractivity contribution < 1.29 is 4.74 Å². The maximum absolute atomic E-state index is 5.99. The van der Waals surface area contributed by atoms with E-state index in [1.165, 1.54) is 5.56 Å². The number of aromatic nitrogens is 1. The highest BCUT2D eigenvalue weighted by Crippen LogP contribution is 2.12. The Morgan fingerprint density at radius 3 is 2.80 bits per heavy atom. The van der Waals surface area contributed by atoms with Gasteiger partial charge in [-0.2, -0.15) is 0 Å². The maximum atomic E-state index is 5.99. The zero-order valence-corrected chi connectivity index (χ0v) is 12.5. The molecule has 1 N–H and O–H groups in total. The molecular formula is C16H19ClN2O. The first-order valence-corrected chi connectivity index (χ1v) is 7.03. The molecule has 0 fully saturated rings. The van der Waals surface area contributed by atoms with Crippen LogP contribution in [0.1, 0.15) is 18.2 Å². The number of hydrogen-bond acceptors (Lipinski definition) is 3. The Morgan fingerprint density at radius 1 is 1.25 bits per heavy atom. The minimum Gasteiger partial charge on any atom is -0.481 e. The van der Waals surface area contributed by atoms with E-state index in [1.807, 2.05) is 36.4 Å². The molecule has 1 aromatic carbocycles. The van der Waals surface area contributed by atoms with Crippen LogP contribution >= 0.6 is 11.6 Å². The van der Waals surface area contributed by atoms with E-state index in [9.17, 15) is 0 Å². The normalized spacial score (nSPS) is 12.2. The fourth-order valence-corrected chi connectivity index (χ4v) is 2.25. The van der Waals surface area contributed by atoms with Gasteiger partial charge < -0.3 is 10.1 Å². The summed E-state index contributed by atoms with van der Waals surface area (Å²) in [5, 5.41) is 4.24. The molecular weight excluding hydrogens is 272 g/mol. The molecule has 3 nitrogen and oxygen atoms in total. The van der Waals surface area contributed by atoms with Crippen molar-refractivity contribution in [1.29, 1.82) is 0 Å². The fraction of sp³-hybridized carbons (Fsp3) is 0.312. The van der Waals surface area contributed by atoms with Crippen LogP contribution in [0.3, 0.4) is 0 Å². The SMILES string of the molecule is COc1cccc(CNC(C)Cc2cccc(Cl)c2)n1. The van der Waals surface area contributed by atoms with Gasteiger partial charge in [0.15, 0.2) is 0 Å². The highest BCUT2D eigenvalue weighted by Gasteiger charge is 2.05. The van der Waals surface area contributed by atoms with E-state index in [1.54, 1.807) is 7.11 Å². The van der Waals surface area contributed by atoms with Crippen molar-refractivity contribution >= 4 is 11.6 Å².